The summed E-state index contributed by atoms with van der Waals surface area (Å²) >= 11 is 0. The molecule has 138 valence electrons. The first-order valence-electron chi connectivity index (χ1n) is 8.43. The van der Waals surface area contributed by atoms with Crippen molar-refractivity contribution in [2.45, 2.75) is 6.92 Å². The van der Waals surface area contributed by atoms with E-state index in [-0.39, 0.29) is 5.69 Å². The molecule has 2 heterocycles. The molecule has 0 amide bonds. The third kappa shape index (κ3) is 3.28. The average molecular weight is 373 g/mol. The van der Waals surface area contributed by atoms with Crippen molar-refractivity contribution in [2.24, 2.45) is 5.10 Å². The molecule has 0 aliphatic heterocycles. The molecule has 28 heavy (non-hydrogen) atoms. The predicted molar refractivity (Wildman–Crippen MR) is 106 cm³/mol. The number of nitro groups is 1. The maximum atomic E-state index is 10.9. The number of aromatic nitrogens is 4. The Morgan fingerprint density at radius 2 is 1.96 bits per heavy atom. The Balaban J connectivity index is 1.65. The summed E-state index contributed by atoms with van der Waals surface area (Å²) in [6.07, 6.45) is 3.10. The van der Waals surface area contributed by atoms with Crippen LogP contribution >= 0.6 is 0 Å². The summed E-state index contributed by atoms with van der Waals surface area (Å²) in [5.74, 6) is 0.497. The molecule has 0 unspecified atom stereocenters. The molecule has 0 spiro atoms. The molecule has 2 aromatic carbocycles. The minimum absolute atomic E-state index is 0.0145. The van der Waals surface area contributed by atoms with Crippen LogP contribution in [0.2, 0.25) is 0 Å². The van der Waals surface area contributed by atoms with E-state index >= 15 is 0 Å². The van der Waals surface area contributed by atoms with Gasteiger partial charge in [0.15, 0.2) is 11.5 Å². The number of rotatable bonds is 5. The van der Waals surface area contributed by atoms with Crippen LogP contribution < -0.4 is 5.43 Å². The zero-order valence-electron chi connectivity index (χ0n) is 14.9. The number of hydrazone groups is 1. The maximum absolute atomic E-state index is 10.9. The number of nitro benzene ring substituents is 1. The summed E-state index contributed by atoms with van der Waals surface area (Å²) in [6, 6.07) is 16.0. The second kappa shape index (κ2) is 7.23. The van der Waals surface area contributed by atoms with Gasteiger partial charge in [0.25, 0.3) is 5.69 Å². The molecule has 9 heteroatoms. The lowest BCUT2D eigenvalue weighted by Gasteiger charge is -2.05. The number of fused-ring (bicyclic) bond motifs is 1. The molecule has 0 aliphatic rings. The zero-order valence-corrected chi connectivity index (χ0v) is 14.9. The van der Waals surface area contributed by atoms with E-state index in [0.717, 1.165) is 5.69 Å². The highest BCUT2D eigenvalue weighted by molar-refractivity contribution is 6.00. The Morgan fingerprint density at radius 1 is 1.14 bits per heavy atom. The Morgan fingerprint density at radius 3 is 2.75 bits per heavy atom. The van der Waals surface area contributed by atoms with Crippen LogP contribution in [0.25, 0.3) is 16.7 Å². The summed E-state index contributed by atoms with van der Waals surface area (Å²) in [7, 11) is 0. The fraction of sp³-hybridized carbons (Fsp3) is 0.0526. The summed E-state index contributed by atoms with van der Waals surface area (Å²) in [4.78, 5) is 19.1. The lowest BCUT2D eigenvalue weighted by atomic mass is 10.1. The fourth-order valence-corrected chi connectivity index (χ4v) is 2.74. The van der Waals surface area contributed by atoms with Gasteiger partial charge >= 0.3 is 0 Å². The highest BCUT2D eigenvalue weighted by Gasteiger charge is 2.11. The first kappa shape index (κ1) is 17.3. The molecule has 2 aromatic heterocycles. The molecule has 0 radical (unpaired) electrons. The number of para-hydroxylation sites is 1. The summed E-state index contributed by atoms with van der Waals surface area (Å²) in [5.41, 5.74) is 5.69. The van der Waals surface area contributed by atoms with E-state index in [1.165, 1.54) is 18.5 Å². The Bertz CT molecular complexity index is 1190. The first-order chi connectivity index (χ1) is 13.6. The van der Waals surface area contributed by atoms with Gasteiger partial charge in [-0.25, -0.2) is 14.6 Å². The smallest absolute Gasteiger partial charge is 0.260 e. The minimum atomic E-state index is -0.434. The topological polar surface area (TPSA) is 111 Å². The monoisotopic (exact) mass is 373 g/mol. The van der Waals surface area contributed by atoms with Gasteiger partial charge in [-0.1, -0.05) is 30.3 Å². The van der Waals surface area contributed by atoms with Crippen molar-refractivity contribution in [3.8, 4) is 5.69 Å². The number of hydrogen-bond acceptors (Lipinski definition) is 7. The van der Waals surface area contributed by atoms with Gasteiger partial charge in [-0.15, -0.1) is 0 Å². The van der Waals surface area contributed by atoms with Crippen LogP contribution in [-0.2, 0) is 0 Å². The Hall–Kier alpha value is -4.14. The van der Waals surface area contributed by atoms with Gasteiger partial charge in [-0.3, -0.25) is 15.5 Å². The number of non-ortho nitro benzene ring substituents is 1. The van der Waals surface area contributed by atoms with E-state index in [9.17, 15) is 10.1 Å². The van der Waals surface area contributed by atoms with Gasteiger partial charge in [-0.05, 0) is 19.1 Å². The van der Waals surface area contributed by atoms with E-state index in [4.69, 9.17) is 0 Å². The third-order valence-corrected chi connectivity index (χ3v) is 4.17. The Labute approximate surface area is 159 Å². The molecular formula is C19H15N7O2. The van der Waals surface area contributed by atoms with E-state index in [2.05, 4.69) is 25.6 Å². The van der Waals surface area contributed by atoms with Gasteiger partial charge in [0.1, 0.15) is 6.33 Å². The lowest BCUT2D eigenvalue weighted by molar-refractivity contribution is -0.384. The van der Waals surface area contributed by atoms with Gasteiger partial charge in [0.05, 0.1) is 27.9 Å². The molecular weight excluding hydrogens is 358 g/mol. The van der Waals surface area contributed by atoms with Crippen molar-refractivity contribution >= 4 is 28.3 Å². The van der Waals surface area contributed by atoms with E-state index in [1.54, 1.807) is 29.9 Å². The van der Waals surface area contributed by atoms with E-state index in [0.29, 0.717) is 28.1 Å². The summed E-state index contributed by atoms with van der Waals surface area (Å²) in [5, 5.41) is 20.4. The highest BCUT2D eigenvalue weighted by Crippen LogP contribution is 2.22. The molecule has 4 aromatic rings. The standard InChI is InChI=1S/C19H15N7O2/c1-13(14-6-5-9-16(10-14)26(27)28)23-24-18-17-11-22-25(19(17)21-12-20-18)15-7-3-2-4-8-15/h2-12H,1H3,(H,20,21,24). The second-order valence-electron chi connectivity index (χ2n) is 5.97. The van der Waals surface area contributed by atoms with Crippen molar-refractivity contribution in [1.82, 2.24) is 19.7 Å². The van der Waals surface area contributed by atoms with Crippen molar-refractivity contribution < 1.29 is 4.92 Å². The maximum Gasteiger partial charge on any atom is 0.270 e. The normalized spacial score (nSPS) is 11.5. The molecule has 0 fully saturated rings. The highest BCUT2D eigenvalue weighted by atomic mass is 16.6. The zero-order chi connectivity index (χ0) is 19.5. The molecule has 0 bridgehead atoms. The van der Waals surface area contributed by atoms with Crippen LogP contribution in [0.1, 0.15) is 12.5 Å². The number of anilines is 1. The number of benzene rings is 2. The van der Waals surface area contributed by atoms with Crippen LogP contribution in [0, 0.1) is 10.1 Å². The number of nitrogens with one attached hydrogen (secondary N) is 1. The molecule has 4 rings (SSSR count). The molecule has 1 N–H and O–H groups in total. The first-order valence-corrected chi connectivity index (χ1v) is 8.43. The van der Waals surface area contributed by atoms with Crippen LogP contribution in [0.4, 0.5) is 11.5 Å². The summed E-state index contributed by atoms with van der Waals surface area (Å²) in [6.45, 7) is 1.76. The van der Waals surface area contributed by atoms with Crippen LogP contribution in [0.15, 0.2) is 72.2 Å². The van der Waals surface area contributed by atoms with Crippen molar-refractivity contribution in [2.75, 3.05) is 5.43 Å². The number of nitrogens with zero attached hydrogens (tertiary/aromatic N) is 6. The average Bonchev–Trinajstić information content (AvgIpc) is 3.17. The van der Waals surface area contributed by atoms with Crippen molar-refractivity contribution in [1.29, 1.82) is 0 Å². The molecule has 0 atom stereocenters. The quantitative estimate of drug-likeness (QED) is 0.325. The van der Waals surface area contributed by atoms with Crippen LogP contribution in [-0.4, -0.2) is 30.4 Å². The summed E-state index contributed by atoms with van der Waals surface area (Å²) < 4.78 is 1.72. The largest absolute Gasteiger partial charge is 0.270 e. The second-order valence-corrected chi connectivity index (χ2v) is 5.97. The SMILES string of the molecule is CC(=NNc1ncnc2c1cnn2-c1ccccc1)c1cccc([N+](=O)[O-])c1. The van der Waals surface area contributed by atoms with Gasteiger partial charge in [0, 0.05) is 17.7 Å². The van der Waals surface area contributed by atoms with Gasteiger partial charge < -0.3 is 0 Å². The van der Waals surface area contributed by atoms with E-state index in [1.807, 2.05) is 30.3 Å². The van der Waals surface area contributed by atoms with Crippen LogP contribution in [0.3, 0.4) is 0 Å². The van der Waals surface area contributed by atoms with Crippen LogP contribution in [0.5, 0.6) is 0 Å². The molecule has 0 saturated carbocycles. The molecule has 0 saturated heterocycles. The lowest BCUT2D eigenvalue weighted by Crippen LogP contribution is -2.03. The van der Waals surface area contributed by atoms with Gasteiger partial charge in [-0.2, -0.15) is 10.2 Å². The van der Waals surface area contributed by atoms with Crippen molar-refractivity contribution in [3.05, 3.63) is 82.8 Å². The Kier molecular flexibility index (Phi) is 4.47. The fourth-order valence-electron chi connectivity index (χ4n) is 2.74. The third-order valence-electron chi connectivity index (χ3n) is 4.17. The number of hydrogen-bond donors (Lipinski definition) is 1. The molecule has 0 aliphatic carbocycles. The predicted octanol–water partition coefficient (Wildman–Crippen LogP) is 3.56. The van der Waals surface area contributed by atoms with E-state index < -0.39 is 4.92 Å². The molecule has 9 nitrogen and oxygen atoms in total. The van der Waals surface area contributed by atoms with Gasteiger partial charge in [0.2, 0.25) is 0 Å². The van der Waals surface area contributed by atoms with Crippen molar-refractivity contribution in [3.63, 3.8) is 0 Å². The minimum Gasteiger partial charge on any atom is -0.260 e.